The number of hydrogen-bond acceptors (Lipinski definition) is 4. The monoisotopic (exact) mass is 309 g/mol. The SMILES string of the molecule is COCCNCC(=O)N[C@@H](C)c1cccnc1.Cl.Cl. The van der Waals surface area contributed by atoms with Crippen molar-refractivity contribution in [2.24, 2.45) is 0 Å². The highest BCUT2D eigenvalue weighted by Crippen LogP contribution is 2.08. The van der Waals surface area contributed by atoms with Gasteiger partial charge in [0.15, 0.2) is 0 Å². The highest BCUT2D eigenvalue weighted by Gasteiger charge is 2.08. The van der Waals surface area contributed by atoms with Crippen molar-refractivity contribution in [3.05, 3.63) is 30.1 Å². The summed E-state index contributed by atoms with van der Waals surface area (Å²) in [6.07, 6.45) is 3.47. The maximum absolute atomic E-state index is 11.6. The Morgan fingerprint density at radius 2 is 2.21 bits per heavy atom. The summed E-state index contributed by atoms with van der Waals surface area (Å²) in [7, 11) is 1.63. The van der Waals surface area contributed by atoms with Crippen molar-refractivity contribution in [3.8, 4) is 0 Å². The van der Waals surface area contributed by atoms with Crippen molar-refractivity contribution in [1.29, 1.82) is 0 Å². The molecule has 0 aliphatic rings. The van der Waals surface area contributed by atoms with Gasteiger partial charge in [0.25, 0.3) is 0 Å². The lowest BCUT2D eigenvalue weighted by Crippen LogP contribution is -2.36. The first-order valence-electron chi connectivity index (χ1n) is 5.63. The average molecular weight is 310 g/mol. The number of carbonyl (C=O) groups is 1. The van der Waals surface area contributed by atoms with Crippen LogP contribution in [0, 0.1) is 0 Å². The number of hydrogen-bond donors (Lipinski definition) is 2. The highest BCUT2D eigenvalue weighted by molar-refractivity contribution is 5.85. The predicted molar refractivity (Wildman–Crippen MR) is 80.0 cm³/mol. The first kappa shape index (κ1) is 20.4. The van der Waals surface area contributed by atoms with Gasteiger partial charge in [0.05, 0.1) is 19.2 Å². The molecule has 0 aliphatic carbocycles. The van der Waals surface area contributed by atoms with Crippen molar-refractivity contribution in [1.82, 2.24) is 15.6 Å². The van der Waals surface area contributed by atoms with E-state index < -0.39 is 0 Å². The third-order valence-corrected chi connectivity index (χ3v) is 2.33. The first-order valence-corrected chi connectivity index (χ1v) is 5.63. The number of aromatic nitrogens is 1. The summed E-state index contributed by atoms with van der Waals surface area (Å²) in [6.45, 7) is 3.51. The molecule has 0 saturated heterocycles. The molecular weight excluding hydrogens is 289 g/mol. The zero-order valence-electron chi connectivity index (χ0n) is 11.1. The van der Waals surface area contributed by atoms with Crippen molar-refractivity contribution in [3.63, 3.8) is 0 Å². The fourth-order valence-corrected chi connectivity index (χ4v) is 1.38. The van der Waals surface area contributed by atoms with Gasteiger partial charge in [-0.25, -0.2) is 0 Å². The molecule has 1 amide bonds. The number of rotatable bonds is 7. The van der Waals surface area contributed by atoms with E-state index in [1.165, 1.54) is 0 Å². The summed E-state index contributed by atoms with van der Waals surface area (Å²) in [5, 5.41) is 5.88. The van der Waals surface area contributed by atoms with E-state index in [1.54, 1.807) is 19.5 Å². The maximum atomic E-state index is 11.6. The van der Waals surface area contributed by atoms with Gasteiger partial charge in [0, 0.05) is 26.0 Å². The summed E-state index contributed by atoms with van der Waals surface area (Å²) in [6, 6.07) is 3.77. The summed E-state index contributed by atoms with van der Waals surface area (Å²) < 4.78 is 4.87. The number of pyridine rings is 1. The molecule has 5 nitrogen and oxygen atoms in total. The topological polar surface area (TPSA) is 63.2 Å². The minimum Gasteiger partial charge on any atom is -0.383 e. The quantitative estimate of drug-likeness (QED) is 0.746. The Morgan fingerprint density at radius 3 is 2.79 bits per heavy atom. The van der Waals surface area contributed by atoms with Crippen LogP contribution in [0.15, 0.2) is 24.5 Å². The summed E-state index contributed by atoms with van der Waals surface area (Å²) in [5.74, 6) is -0.0301. The molecule has 2 N–H and O–H groups in total. The fraction of sp³-hybridized carbons (Fsp3) is 0.500. The van der Waals surface area contributed by atoms with Crippen molar-refractivity contribution in [2.45, 2.75) is 13.0 Å². The van der Waals surface area contributed by atoms with Gasteiger partial charge in [-0.3, -0.25) is 9.78 Å². The summed E-state index contributed by atoms with van der Waals surface area (Å²) >= 11 is 0. The van der Waals surface area contributed by atoms with Gasteiger partial charge < -0.3 is 15.4 Å². The van der Waals surface area contributed by atoms with Gasteiger partial charge >= 0.3 is 0 Å². The number of nitrogens with zero attached hydrogens (tertiary/aromatic N) is 1. The Balaban J connectivity index is 0. The largest absolute Gasteiger partial charge is 0.383 e. The van der Waals surface area contributed by atoms with Crippen LogP contribution in [0.4, 0.5) is 0 Å². The minimum atomic E-state index is -0.0301. The normalized spacial score (nSPS) is 10.8. The third-order valence-electron chi connectivity index (χ3n) is 2.33. The van der Waals surface area contributed by atoms with Gasteiger partial charge in [-0.15, -0.1) is 24.8 Å². The zero-order valence-corrected chi connectivity index (χ0v) is 12.7. The number of ether oxygens (including phenoxy) is 1. The van der Waals surface area contributed by atoms with Crippen LogP contribution in [-0.2, 0) is 9.53 Å². The molecule has 0 saturated carbocycles. The summed E-state index contributed by atoms with van der Waals surface area (Å²) in [5.41, 5.74) is 0.998. The van der Waals surface area contributed by atoms with Crippen LogP contribution in [-0.4, -0.2) is 37.7 Å². The van der Waals surface area contributed by atoms with E-state index >= 15 is 0 Å². The van der Waals surface area contributed by atoms with Gasteiger partial charge in [-0.05, 0) is 18.6 Å². The van der Waals surface area contributed by atoms with E-state index in [2.05, 4.69) is 15.6 Å². The number of nitrogens with one attached hydrogen (secondary N) is 2. The molecule has 0 bridgehead atoms. The van der Waals surface area contributed by atoms with E-state index in [9.17, 15) is 4.79 Å². The van der Waals surface area contributed by atoms with E-state index in [0.717, 1.165) is 5.56 Å². The molecule has 0 aromatic carbocycles. The molecule has 110 valence electrons. The summed E-state index contributed by atoms with van der Waals surface area (Å²) in [4.78, 5) is 15.6. The number of methoxy groups -OCH3 is 1. The molecule has 1 atom stereocenters. The molecule has 0 spiro atoms. The smallest absolute Gasteiger partial charge is 0.234 e. The molecule has 1 aromatic rings. The molecule has 0 aliphatic heterocycles. The fourth-order valence-electron chi connectivity index (χ4n) is 1.38. The molecule has 19 heavy (non-hydrogen) atoms. The Labute approximate surface area is 126 Å². The molecule has 1 rings (SSSR count). The van der Waals surface area contributed by atoms with Gasteiger partial charge in [-0.1, -0.05) is 6.07 Å². The Kier molecular flexibility index (Phi) is 13.1. The van der Waals surface area contributed by atoms with Gasteiger partial charge in [-0.2, -0.15) is 0 Å². The lowest BCUT2D eigenvalue weighted by Gasteiger charge is -2.14. The lowest BCUT2D eigenvalue weighted by atomic mass is 10.1. The van der Waals surface area contributed by atoms with Crippen LogP contribution >= 0.6 is 24.8 Å². The molecule has 7 heteroatoms. The number of carbonyl (C=O) groups excluding carboxylic acids is 1. The molecule has 1 heterocycles. The Hall–Kier alpha value is -0.880. The third kappa shape index (κ3) is 8.77. The second-order valence-electron chi connectivity index (χ2n) is 3.75. The van der Waals surface area contributed by atoms with Crippen molar-refractivity contribution < 1.29 is 9.53 Å². The van der Waals surface area contributed by atoms with E-state index in [4.69, 9.17) is 4.74 Å². The second-order valence-corrected chi connectivity index (χ2v) is 3.75. The highest BCUT2D eigenvalue weighted by atomic mass is 35.5. The Bertz CT molecular complexity index is 339. The average Bonchev–Trinajstić information content (AvgIpc) is 2.36. The lowest BCUT2D eigenvalue weighted by molar-refractivity contribution is -0.120. The zero-order chi connectivity index (χ0) is 12.5. The minimum absolute atomic E-state index is 0. The standard InChI is InChI=1S/C12H19N3O2.2ClH/c1-10(11-4-3-5-13-8-11)15-12(16)9-14-6-7-17-2;;/h3-5,8,10,14H,6-7,9H2,1-2H3,(H,15,16);2*1H/t10-;;/m0../s1. The molecular formula is C12H21Cl2N3O2. The van der Waals surface area contributed by atoms with E-state index in [1.807, 2.05) is 19.1 Å². The maximum Gasteiger partial charge on any atom is 0.234 e. The van der Waals surface area contributed by atoms with Crippen molar-refractivity contribution >= 4 is 30.7 Å². The van der Waals surface area contributed by atoms with Crippen LogP contribution in [0.25, 0.3) is 0 Å². The van der Waals surface area contributed by atoms with Crippen molar-refractivity contribution in [2.75, 3.05) is 26.8 Å². The van der Waals surface area contributed by atoms with Gasteiger partial charge in [0.2, 0.25) is 5.91 Å². The van der Waals surface area contributed by atoms with E-state index in [0.29, 0.717) is 19.7 Å². The molecule has 0 radical (unpaired) electrons. The van der Waals surface area contributed by atoms with Crippen LogP contribution in [0.3, 0.4) is 0 Å². The van der Waals surface area contributed by atoms with Gasteiger partial charge in [0.1, 0.15) is 0 Å². The first-order chi connectivity index (χ1) is 8.24. The van der Waals surface area contributed by atoms with E-state index in [-0.39, 0.29) is 36.8 Å². The molecule has 0 unspecified atom stereocenters. The Morgan fingerprint density at radius 1 is 1.47 bits per heavy atom. The van der Waals surface area contributed by atoms with Crippen LogP contribution < -0.4 is 10.6 Å². The molecule has 1 aromatic heterocycles. The predicted octanol–water partition coefficient (Wildman–Crippen LogP) is 1.34. The van der Waals surface area contributed by atoms with Crippen LogP contribution in [0.2, 0.25) is 0 Å². The number of halogens is 2. The number of amides is 1. The van der Waals surface area contributed by atoms with Crippen LogP contribution in [0.5, 0.6) is 0 Å². The molecule has 0 fully saturated rings. The second kappa shape index (κ2) is 12.2. The van der Waals surface area contributed by atoms with Crippen LogP contribution in [0.1, 0.15) is 18.5 Å².